The zero-order valence-corrected chi connectivity index (χ0v) is 16.9. The molecule has 4 nitrogen and oxygen atoms in total. The van der Waals surface area contributed by atoms with Crippen molar-refractivity contribution in [2.24, 2.45) is 0 Å². The number of hydrogen-bond donors (Lipinski definition) is 1. The van der Waals surface area contributed by atoms with Crippen LogP contribution in [0.3, 0.4) is 0 Å². The van der Waals surface area contributed by atoms with Gasteiger partial charge in [0.1, 0.15) is 12.4 Å². The second-order valence-electron chi connectivity index (χ2n) is 5.64. The number of carbonyl (C=O) groups is 1. The molecule has 2 aromatic rings. The minimum Gasteiger partial charge on any atom is -0.488 e. The molecule has 0 atom stereocenters. The summed E-state index contributed by atoms with van der Waals surface area (Å²) in [6.07, 6.45) is -2.56. The van der Waals surface area contributed by atoms with Gasteiger partial charge in [-0.3, -0.25) is 5.32 Å². The summed E-state index contributed by atoms with van der Waals surface area (Å²) in [7, 11) is 1.27. The Morgan fingerprint density at radius 1 is 1.31 bits per heavy atom. The lowest BCUT2D eigenvalue weighted by molar-refractivity contribution is 0.144. The summed E-state index contributed by atoms with van der Waals surface area (Å²) >= 11 is 2.11. The minimum absolute atomic E-state index is 0.0447. The number of hydrogen-bond acceptors (Lipinski definition) is 3. The molecule has 2 aromatic carbocycles. The Morgan fingerprint density at radius 2 is 2.04 bits per heavy atom. The van der Waals surface area contributed by atoms with E-state index in [4.69, 9.17) is 4.74 Å². The van der Waals surface area contributed by atoms with Crippen molar-refractivity contribution in [1.29, 1.82) is 0 Å². The predicted molar refractivity (Wildman–Crippen MR) is 105 cm³/mol. The summed E-state index contributed by atoms with van der Waals surface area (Å²) in [4.78, 5) is 11.5. The van der Waals surface area contributed by atoms with Crippen molar-refractivity contribution >= 4 is 34.4 Å². The van der Waals surface area contributed by atoms with Gasteiger partial charge < -0.3 is 9.47 Å². The summed E-state index contributed by atoms with van der Waals surface area (Å²) in [5.41, 5.74) is 2.86. The molecule has 0 aliphatic carbocycles. The third-order valence-corrected chi connectivity index (χ3v) is 5.01. The maximum atomic E-state index is 13.4. The maximum Gasteiger partial charge on any atom is 0.411 e. The van der Waals surface area contributed by atoms with Gasteiger partial charge in [-0.15, -0.1) is 0 Å². The van der Waals surface area contributed by atoms with Crippen LogP contribution in [0.4, 0.5) is 19.3 Å². The lowest BCUT2D eigenvalue weighted by Gasteiger charge is -2.17. The Hall–Kier alpha value is -1.90. The van der Waals surface area contributed by atoms with E-state index in [0.717, 1.165) is 14.7 Å². The number of ether oxygens (including phenoxy) is 2. The topological polar surface area (TPSA) is 47.6 Å². The van der Waals surface area contributed by atoms with Gasteiger partial charge in [-0.05, 0) is 71.3 Å². The standard InChI is InChI=1S/C19H20F2INO3/c1-4-12-9-13(18(20)21)17(8-11(12)2)26-10-14-15(22)6-5-7-16(14)23-19(24)25-3/h5-9,18H,4,10H2,1-3H3,(H,23,24). The normalized spacial score (nSPS) is 10.7. The second kappa shape index (κ2) is 9.16. The fourth-order valence-electron chi connectivity index (χ4n) is 2.56. The van der Waals surface area contributed by atoms with Crippen molar-refractivity contribution in [3.05, 3.63) is 56.2 Å². The number of aryl methyl sites for hydroxylation is 2. The first-order valence-electron chi connectivity index (χ1n) is 8.04. The fraction of sp³-hybridized carbons (Fsp3) is 0.316. The number of carbonyl (C=O) groups excluding carboxylic acids is 1. The highest BCUT2D eigenvalue weighted by Crippen LogP contribution is 2.33. The molecule has 26 heavy (non-hydrogen) atoms. The molecule has 0 aliphatic rings. The van der Waals surface area contributed by atoms with Gasteiger partial charge in [-0.2, -0.15) is 0 Å². The average Bonchev–Trinajstić information content (AvgIpc) is 2.60. The quantitative estimate of drug-likeness (QED) is 0.533. The Kier molecular flexibility index (Phi) is 7.19. The molecule has 140 valence electrons. The molecule has 0 unspecified atom stereocenters. The molecule has 0 radical (unpaired) electrons. The van der Waals surface area contributed by atoms with Crippen molar-refractivity contribution < 1.29 is 23.0 Å². The van der Waals surface area contributed by atoms with Crippen LogP contribution in [0.25, 0.3) is 0 Å². The van der Waals surface area contributed by atoms with Gasteiger partial charge in [0.05, 0.1) is 18.4 Å². The third kappa shape index (κ3) is 4.84. The Labute approximate surface area is 165 Å². The molecule has 1 N–H and O–H groups in total. The molecule has 0 aliphatic heterocycles. The van der Waals surface area contributed by atoms with Crippen LogP contribution >= 0.6 is 22.6 Å². The molecule has 0 aromatic heterocycles. The zero-order valence-electron chi connectivity index (χ0n) is 14.7. The van der Waals surface area contributed by atoms with Crippen LogP contribution in [0.5, 0.6) is 5.75 Å². The molecule has 1 amide bonds. The van der Waals surface area contributed by atoms with Crippen molar-refractivity contribution in [2.75, 3.05) is 12.4 Å². The summed E-state index contributed by atoms with van der Waals surface area (Å²) in [6.45, 7) is 3.84. The molecule has 0 saturated heterocycles. The number of rotatable bonds is 6. The number of methoxy groups -OCH3 is 1. The van der Waals surface area contributed by atoms with E-state index in [2.05, 4.69) is 32.6 Å². The van der Waals surface area contributed by atoms with Crippen LogP contribution in [-0.4, -0.2) is 13.2 Å². The Bertz CT molecular complexity index is 797. The molecule has 0 bridgehead atoms. The smallest absolute Gasteiger partial charge is 0.411 e. The predicted octanol–water partition coefficient (Wildman–Crippen LogP) is 5.86. The third-order valence-electron chi connectivity index (χ3n) is 4.00. The fourth-order valence-corrected chi connectivity index (χ4v) is 3.21. The molecule has 0 saturated carbocycles. The summed E-state index contributed by atoms with van der Waals surface area (Å²) < 4.78 is 38.0. The van der Waals surface area contributed by atoms with E-state index in [-0.39, 0.29) is 17.9 Å². The lowest BCUT2D eigenvalue weighted by atomic mass is 10.0. The van der Waals surface area contributed by atoms with Crippen LogP contribution in [0.1, 0.15) is 35.6 Å². The van der Waals surface area contributed by atoms with Gasteiger partial charge in [0.15, 0.2) is 0 Å². The van der Waals surface area contributed by atoms with Gasteiger partial charge in [-0.1, -0.05) is 13.0 Å². The number of alkyl halides is 2. The van der Waals surface area contributed by atoms with E-state index in [9.17, 15) is 13.6 Å². The SMILES string of the molecule is CCc1cc(C(F)F)c(OCc2c(I)cccc2NC(=O)OC)cc1C. The highest BCUT2D eigenvalue weighted by Gasteiger charge is 2.18. The van der Waals surface area contributed by atoms with E-state index in [1.807, 2.05) is 19.9 Å². The van der Waals surface area contributed by atoms with E-state index >= 15 is 0 Å². The van der Waals surface area contributed by atoms with E-state index < -0.39 is 12.5 Å². The average molecular weight is 475 g/mol. The minimum atomic E-state index is -2.63. The molecule has 2 rings (SSSR count). The van der Waals surface area contributed by atoms with Crippen molar-refractivity contribution in [1.82, 2.24) is 0 Å². The van der Waals surface area contributed by atoms with Crippen molar-refractivity contribution in [3.8, 4) is 5.75 Å². The highest BCUT2D eigenvalue weighted by atomic mass is 127. The molecule has 0 fully saturated rings. The summed E-state index contributed by atoms with van der Waals surface area (Å²) in [5.74, 6) is 0.151. The zero-order chi connectivity index (χ0) is 19.3. The van der Waals surface area contributed by atoms with Crippen LogP contribution in [-0.2, 0) is 17.8 Å². The van der Waals surface area contributed by atoms with Gasteiger partial charge >= 0.3 is 6.09 Å². The molecule has 0 spiro atoms. The van der Waals surface area contributed by atoms with Crippen LogP contribution in [0, 0.1) is 10.5 Å². The molecule has 0 heterocycles. The summed E-state index contributed by atoms with van der Waals surface area (Å²) in [5, 5.41) is 2.61. The molecule has 7 heteroatoms. The highest BCUT2D eigenvalue weighted by molar-refractivity contribution is 14.1. The first kappa shape index (κ1) is 20.4. The van der Waals surface area contributed by atoms with E-state index in [0.29, 0.717) is 17.7 Å². The number of anilines is 1. The number of halogens is 3. The number of amides is 1. The van der Waals surface area contributed by atoms with Gasteiger partial charge in [0.25, 0.3) is 6.43 Å². The monoisotopic (exact) mass is 475 g/mol. The second-order valence-corrected chi connectivity index (χ2v) is 6.80. The lowest BCUT2D eigenvalue weighted by Crippen LogP contribution is -2.14. The Balaban J connectivity index is 2.32. The number of nitrogens with one attached hydrogen (secondary N) is 1. The largest absolute Gasteiger partial charge is 0.488 e. The molecular formula is C19H20F2INO3. The van der Waals surface area contributed by atoms with Crippen LogP contribution < -0.4 is 10.1 Å². The molecular weight excluding hydrogens is 455 g/mol. The van der Waals surface area contributed by atoms with Gasteiger partial charge in [-0.25, -0.2) is 13.6 Å². The van der Waals surface area contributed by atoms with E-state index in [1.165, 1.54) is 13.2 Å². The van der Waals surface area contributed by atoms with Gasteiger partial charge in [0.2, 0.25) is 0 Å². The van der Waals surface area contributed by atoms with Gasteiger partial charge in [0, 0.05) is 9.13 Å². The van der Waals surface area contributed by atoms with Crippen molar-refractivity contribution in [3.63, 3.8) is 0 Å². The van der Waals surface area contributed by atoms with Crippen LogP contribution in [0.15, 0.2) is 30.3 Å². The Morgan fingerprint density at radius 3 is 2.65 bits per heavy atom. The first-order valence-corrected chi connectivity index (χ1v) is 9.12. The van der Waals surface area contributed by atoms with Crippen molar-refractivity contribution in [2.45, 2.75) is 33.3 Å². The first-order chi connectivity index (χ1) is 12.4. The van der Waals surface area contributed by atoms with E-state index in [1.54, 1.807) is 18.2 Å². The number of benzene rings is 2. The van der Waals surface area contributed by atoms with Crippen LogP contribution in [0.2, 0.25) is 0 Å². The maximum absolute atomic E-state index is 13.4. The summed E-state index contributed by atoms with van der Waals surface area (Å²) in [6, 6.07) is 8.47.